The highest BCUT2D eigenvalue weighted by Gasteiger charge is 2.70. The van der Waals surface area contributed by atoms with Crippen LogP contribution in [0.5, 0.6) is 0 Å². The third-order valence-corrected chi connectivity index (χ3v) is 3.70. The highest BCUT2D eigenvalue weighted by molar-refractivity contribution is 5.94. The molecule has 1 saturated carbocycles. The summed E-state index contributed by atoms with van der Waals surface area (Å²) in [6.07, 6.45) is -4.72. The Morgan fingerprint density at radius 2 is 1.85 bits per heavy atom. The number of ketones is 1. The number of ether oxygens (including phenoxy) is 1. The number of likely N-dealkylation sites (tertiary alicyclic amines) is 1. The average molecular weight is 293 g/mol. The van der Waals surface area contributed by atoms with E-state index in [4.69, 9.17) is 4.74 Å². The van der Waals surface area contributed by atoms with Gasteiger partial charge in [0.15, 0.2) is 5.78 Å². The second kappa shape index (κ2) is 4.36. The van der Waals surface area contributed by atoms with Crippen molar-refractivity contribution in [2.45, 2.75) is 45.4 Å². The van der Waals surface area contributed by atoms with Gasteiger partial charge < -0.3 is 4.74 Å². The Labute approximate surface area is 115 Å². The number of carbonyl (C=O) groups is 2. The minimum absolute atomic E-state index is 0.382. The van der Waals surface area contributed by atoms with Crippen molar-refractivity contribution in [2.24, 2.45) is 11.3 Å². The normalized spacial score (nSPS) is 27.9. The minimum atomic E-state index is -4.62. The molecule has 114 valence electrons. The van der Waals surface area contributed by atoms with Crippen LogP contribution >= 0.6 is 0 Å². The molecule has 20 heavy (non-hydrogen) atoms. The average Bonchev–Trinajstić information content (AvgIpc) is 2.98. The largest absolute Gasteiger partial charge is 0.444 e. The number of Topliss-reactive ketones (excluding diaryl/α,β-unsaturated/α-hetero) is 1. The van der Waals surface area contributed by atoms with E-state index in [0.29, 0.717) is 12.8 Å². The van der Waals surface area contributed by atoms with Gasteiger partial charge >= 0.3 is 12.3 Å². The molecule has 0 aromatic rings. The summed E-state index contributed by atoms with van der Waals surface area (Å²) in [5, 5.41) is 0. The first-order chi connectivity index (χ1) is 8.97. The number of alkyl halides is 3. The molecular weight excluding hydrogens is 275 g/mol. The van der Waals surface area contributed by atoms with Crippen LogP contribution in [-0.4, -0.2) is 41.6 Å². The molecule has 1 saturated heterocycles. The molecule has 2 rings (SSSR count). The number of hydrogen-bond donors (Lipinski definition) is 0. The Balaban J connectivity index is 2.19. The molecule has 2 aliphatic rings. The van der Waals surface area contributed by atoms with Gasteiger partial charge in [0.25, 0.3) is 0 Å². The monoisotopic (exact) mass is 293 g/mol. The highest BCUT2D eigenvalue weighted by atomic mass is 19.4. The molecule has 1 amide bonds. The zero-order valence-electron chi connectivity index (χ0n) is 11.7. The fourth-order valence-electron chi connectivity index (χ4n) is 2.63. The maximum Gasteiger partial charge on any atom is 0.410 e. The summed E-state index contributed by atoms with van der Waals surface area (Å²) in [5.74, 6) is -1.61. The van der Waals surface area contributed by atoms with Crippen molar-refractivity contribution < 1.29 is 27.5 Å². The van der Waals surface area contributed by atoms with Crippen LogP contribution in [0.1, 0.15) is 33.6 Å². The summed E-state index contributed by atoms with van der Waals surface area (Å²) in [5.41, 5.74) is -3.19. The molecule has 0 N–H and O–H groups in total. The van der Waals surface area contributed by atoms with Gasteiger partial charge in [-0.3, -0.25) is 9.69 Å². The van der Waals surface area contributed by atoms with Gasteiger partial charge in [-0.1, -0.05) is 0 Å². The van der Waals surface area contributed by atoms with E-state index < -0.39 is 48.1 Å². The zero-order valence-corrected chi connectivity index (χ0v) is 11.7. The van der Waals surface area contributed by atoms with Crippen molar-refractivity contribution in [1.29, 1.82) is 0 Å². The van der Waals surface area contributed by atoms with Crippen molar-refractivity contribution in [2.75, 3.05) is 13.1 Å². The van der Waals surface area contributed by atoms with Gasteiger partial charge in [-0.25, -0.2) is 4.79 Å². The Kier molecular flexibility index (Phi) is 3.30. The SMILES string of the molecule is CC(C)(C)OC(=O)N1CC(=O)C(C2CC2)(C(F)(F)F)C1. The number of halogens is 3. The Hall–Kier alpha value is -1.27. The lowest BCUT2D eigenvalue weighted by Crippen LogP contribution is -2.47. The van der Waals surface area contributed by atoms with Crippen molar-refractivity contribution in [3.8, 4) is 0 Å². The maximum atomic E-state index is 13.3. The molecule has 4 nitrogen and oxygen atoms in total. The van der Waals surface area contributed by atoms with E-state index >= 15 is 0 Å². The van der Waals surface area contributed by atoms with Gasteiger partial charge in [0.1, 0.15) is 11.0 Å². The van der Waals surface area contributed by atoms with Crippen LogP contribution in [0.25, 0.3) is 0 Å². The predicted molar refractivity (Wildman–Crippen MR) is 64.0 cm³/mol. The molecule has 0 spiro atoms. The van der Waals surface area contributed by atoms with E-state index in [0.717, 1.165) is 4.90 Å². The van der Waals surface area contributed by atoms with Crippen LogP contribution in [0, 0.1) is 11.3 Å². The molecule has 1 unspecified atom stereocenters. The number of hydrogen-bond acceptors (Lipinski definition) is 3. The zero-order chi connectivity index (χ0) is 15.3. The fraction of sp³-hybridized carbons (Fsp3) is 0.846. The summed E-state index contributed by atoms with van der Waals surface area (Å²) in [7, 11) is 0. The molecule has 0 bridgehead atoms. The quantitative estimate of drug-likeness (QED) is 0.747. The number of carbonyl (C=O) groups excluding carboxylic acids is 2. The smallest absolute Gasteiger partial charge is 0.410 e. The first kappa shape index (κ1) is 15.1. The topological polar surface area (TPSA) is 46.6 Å². The molecule has 7 heteroatoms. The van der Waals surface area contributed by atoms with Gasteiger partial charge in [0.2, 0.25) is 0 Å². The lowest BCUT2D eigenvalue weighted by molar-refractivity contribution is -0.221. The fourth-order valence-corrected chi connectivity index (χ4v) is 2.63. The highest BCUT2D eigenvalue weighted by Crippen LogP contribution is 2.57. The van der Waals surface area contributed by atoms with E-state index in [1.807, 2.05) is 0 Å². The molecule has 0 aromatic carbocycles. The summed E-state index contributed by atoms with van der Waals surface area (Å²) < 4.78 is 45.0. The van der Waals surface area contributed by atoms with Crippen molar-refractivity contribution in [1.82, 2.24) is 4.90 Å². The number of amides is 1. The Morgan fingerprint density at radius 1 is 1.30 bits per heavy atom. The van der Waals surface area contributed by atoms with Crippen LogP contribution in [0.4, 0.5) is 18.0 Å². The number of rotatable bonds is 1. The number of nitrogens with zero attached hydrogens (tertiary/aromatic N) is 1. The molecule has 2 fully saturated rings. The van der Waals surface area contributed by atoms with Gasteiger partial charge in [0.05, 0.1) is 6.54 Å². The Morgan fingerprint density at radius 3 is 2.25 bits per heavy atom. The molecule has 0 aromatic heterocycles. The first-order valence-corrected chi connectivity index (χ1v) is 6.55. The van der Waals surface area contributed by atoms with Gasteiger partial charge in [-0.05, 0) is 39.5 Å². The molecule has 1 atom stereocenters. The van der Waals surface area contributed by atoms with E-state index in [9.17, 15) is 22.8 Å². The molecule has 1 aliphatic carbocycles. The lowest BCUT2D eigenvalue weighted by atomic mass is 9.80. The summed E-state index contributed by atoms with van der Waals surface area (Å²) >= 11 is 0. The van der Waals surface area contributed by atoms with Crippen molar-refractivity contribution in [3.05, 3.63) is 0 Å². The van der Waals surface area contributed by atoms with E-state index in [-0.39, 0.29) is 0 Å². The molecule has 0 radical (unpaired) electrons. The Bertz CT molecular complexity index is 437. The third kappa shape index (κ3) is 2.50. The maximum absolute atomic E-state index is 13.3. The van der Waals surface area contributed by atoms with Crippen LogP contribution < -0.4 is 0 Å². The van der Waals surface area contributed by atoms with Gasteiger partial charge in [0, 0.05) is 6.54 Å². The van der Waals surface area contributed by atoms with E-state index in [1.54, 1.807) is 20.8 Å². The van der Waals surface area contributed by atoms with Gasteiger partial charge in [-0.15, -0.1) is 0 Å². The minimum Gasteiger partial charge on any atom is -0.444 e. The standard InChI is InChI=1S/C13H18F3NO3/c1-11(2,3)20-10(19)17-6-9(18)12(7-17,8-4-5-8)13(14,15)16/h8H,4-7H2,1-3H3. The molecule has 1 heterocycles. The lowest BCUT2D eigenvalue weighted by Gasteiger charge is -2.30. The summed E-state index contributed by atoms with van der Waals surface area (Å²) in [6, 6.07) is 0. The molecule has 1 aliphatic heterocycles. The van der Waals surface area contributed by atoms with Crippen LogP contribution in [0.3, 0.4) is 0 Å². The molecular formula is C13H18F3NO3. The van der Waals surface area contributed by atoms with E-state index in [1.165, 1.54) is 0 Å². The summed E-state index contributed by atoms with van der Waals surface area (Å²) in [4.78, 5) is 24.7. The third-order valence-electron chi connectivity index (χ3n) is 3.70. The van der Waals surface area contributed by atoms with Crippen molar-refractivity contribution >= 4 is 11.9 Å². The van der Waals surface area contributed by atoms with E-state index in [2.05, 4.69) is 0 Å². The van der Waals surface area contributed by atoms with Crippen LogP contribution in [0.2, 0.25) is 0 Å². The second-order valence-electron chi connectivity index (χ2n) is 6.50. The van der Waals surface area contributed by atoms with Crippen molar-refractivity contribution in [3.63, 3.8) is 0 Å². The van der Waals surface area contributed by atoms with Gasteiger partial charge in [-0.2, -0.15) is 13.2 Å². The summed E-state index contributed by atoms with van der Waals surface area (Å²) in [6.45, 7) is 3.74. The van der Waals surface area contributed by atoms with Crippen LogP contribution in [-0.2, 0) is 9.53 Å². The predicted octanol–water partition coefficient (Wildman–Crippen LogP) is 2.76. The first-order valence-electron chi connectivity index (χ1n) is 6.55. The second-order valence-corrected chi connectivity index (χ2v) is 6.50. The van der Waals surface area contributed by atoms with Crippen LogP contribution in [0.15, 0.2) is 0 Å².